The number of rotatable bonds is 7. The maximum Gasteiger partial charge on any atom is 0.160 e. The fourth-order valence-electron chi connectivity index (χ4n) is 2.42. The molecule has 1 fully saturated rings. The van der Waals surface area contributed by atoms with Crippen molar-refractivity contribution in [3.63, 3.8) is 0 Å². The Hall–Kier alpha value is -0.520. The highest BCUT2D eigenvalue weighted by Crippen LogP contribution is 2.28. The number of hydrogen-bond acceptors (Lipinski definition) is 5. The molecule has 1 N–H and O–H groups in total. The summed E-state index contributed by atoms with van der Waals surface area (Å²) in [6, 6.07) is 6.64. The Morgan fingerprint density at radius 3 is 2.71 bits per heavy atom. The molecule has 0 bridgehead atoms. The van der Waals surface area contributed by atoms with Gasteiger partial charge in [-0.1, -0.05) is 6.07 Å². The molecule has 2 rings (SSSR count). The van der Waals surface area contributed by atoms with Crippen molar-refractivity contribution in [3.05, 3.63) is 23.8 Å². The minimum Gasteiger partial charge on any atom is -0.493 e. The monoisotopic (exact) mass is 327 g/mol. The van der Waals surface area contributed by atoms with Crippen LogP contribution in [-0.4, -0.2) is 49.3 Å². The zero-order valence-corrected chi connectivity index (χ0v) is 14.7. The van der Waals surface area contributed by atoms with Crippen LogP contribution in [0.3, 0.4) is 0 Å². The van der Waals surface area contributed by atoms with E-state index in [4.69, 9.17) is 9.47 Å². The number of hydrogen-bond donors (Lipinski definition) is 1. The van der Waals surface area contributed by atoms with E-state index in [0.717, 1.165) is 29.7 Å². The molecule has 0 aromatic heterocycles. The fraction of sp³-hybridized carbons (Fsp3) is 0.625. The molecule has 1 aromatic carbocycles. The van der Waals surface area contributed by atoms with Gasteiger partial charge in [0.25, 0.3) is 0 Å². The van der Waals surface area contributed by atoms with Crippen molar-refractivity contribution in [2.24, 2.45) is 0 Å². The van der Waals surface area contributed by atoms with E-state index >= 15 is 0 Å². The molecule has 118 valence electrons. The summed E-state index contributed by atoms with van der Waals surface area (Å²) in [6.45, 7) is 3.35. The quantitative estimate of drug-likeness (QED) is 0.831. The molecule has 0 amide bonds. The molecule has 3 nitrogen and oxygen atoms in total. The highest BCUT2D eigenvalue weighted by Gasteiger charge is 2.15. The van der Waals surface area contributed by atoms with E-state index in [1.165, 1.54) is 22.8 Å². The van der Waals surface area contributed by atoms with Crippen LogP contribution in [-0.2, 0) is 6.42 Å². The Morgan fingerprint density at radius 1 is 1.24 bits per heavy atom. The SMILES string of the molecule is COc1ccc(CC(C)NCC2CSCCS2)cc1OC. The van der Waals surface area contributed by atoms with Gasteiger partial charge in [0.2, 0.25) is 0 Å². The van der Waals surface area contributed by atoms with Gasteiger partial charge in [-0.15, -0.1) is 0 Å². The minimum absolute atomic E-state index is 0.468. The van der Waals surface area contributed by atoms with E-state index in [9.17, 15) is 0 Å². The summed E-state index contributed by atoms with van der Waals surface area (Å²) in [6.07, 6.45) is 1.00. The Labute approximate surface area is 136 Å². The summed E-state index contributed by atoms with van der Waals surface area (Å²) in [5.74, 6) is 5.48. The van der Waals surface area contributed by atoms with Crippen molar-refractivity contribution >= 4 is 23.5 Å². The van der Waals surface area contributed by atoms with Crippen LogP contribution in [0.1, 0.15) is 12.5 Å². The first-order valence-electron chi connectivity index (χ1n) is 7.36. The Kier molecular flexibility index (Phi) is 7.07. The topological polar surface area (TPSA) is 30.5 Å². The number of benzene rings is 1. The van der Waals surface area contributed by atoms with Gasteiger partial charge in [0.05, 0.1) is 14.2 Å². The molecule has 2 atom stereocenters. The smallest absolute Gasteiger partial charge is 0.160 e. The van der Waals surface area contributed by atoms with Crippen molar-refractivity contribution < 1.29 is 9.47 Å². The van der Waals surface area contributed by atoms with E-state index in [-0.39, 0.29) is 0 Å². The van der Waals surface area contributed by atoms with Gasteiger partial charge in [-0.25, -0.2) is 0 Å². The van der Waals surface area contributed by atoms with Crippen molar-refractivity contribution in [1.82, 2.24) is 5.32 Å². The van der Waals surface area contributed by atoms with Gasteiger partial charge >= 0.3 is 0 Å². The zero-order chi connectivity index (χ0) is 15.1. The van der Waals surface area contributed by atoms with Crippen LogP contribution in [0.5, 0.6) is 11.5 Å². The summed E-state index contributed by atoms with van der Waals surface area (Å²) in [5, 5.41) is 4.42. The molecule has 2 unspecified atom stereocenters. The number of thioether (sulfide) groups is 2. The van der Waals surface area contributed by atoms with Crippen LogP contribution in [0, 0.1) is 0 Å². The van der Waals surface area contributed by atoms with E-state index in [1.807, 2.05) is 6.07 Å². The Balaban J connectivity index is 1.82. The lowest BCUT2D eigenvalue weighted by Crippen LogP contribution is -2.36. The molecule has 21 heavy (non-hydrogen) atoms. The average Bonchev–Trinajstić information content (AvgIpc) is 2.53. The fourth-order valence-corrected chi connectivity index (χ4v) is 5.05. The second-order valence-corrected chi connectivity index (χ2v) is 7.83. The highest BCUT2D eigenvalue weighted by molar-refractivity contribution is 8.06. The van der Waals surface area contributed by atoms with Crippen LogP contribution in [0.25, 0.3) is 0 Å². The van der Waals surface area contributed by atoms with Gasteiger partial charge in [-0.05, 0) is 31.0 Å². The normalized spacial score (nSPS) is 20.0. The van der Waals surface area contributed by atoms with Gasteiger partial charge in [0, 0.05) is 35.1 Å². The Bertz CT molecular complexity index is 436. The molecule has 1 aliphatic heterocycles. The summed E-state index contributed by atoms with van der Waals surface area (Å²) < 4.78 is 10.6. The lowest BCUT2D eigenvalue weighted by Gasteiger charge is -2.23. The lowest BCUT2D eigenvalue weighted by molar-refractivity contribution is 0.354. The first-order valence-corrected chi connectivity index (χ1v) is 9.57. The first-order chi connectivity index (χ1) is 10.2. The largest absolute Gasteiger partial charge is 0.493 e. The van der Waals surface area contributed by atoms with Gasteiger partial charge in [-0.2, -0.15) is 23.5 Å². The van der Waals surface area contributed by atoms with Crippen LogP contribution < -0.4 is 14.8 Å². The third-order valence-electron chi connectivity index (χ3n) is 3.57. The summed E-state index contributed by atoms with van der Waals surface area (Å²) >= 11 is 4.18. The molecule has 1 aliphatic rings. The van der Waals surface area contributed by atoms with Crippen molar-refractivity contribution in [2.75, 3.05) is 38.0 Å². The molecule has 0 radical (unpaired) electrons. The van der Waals surface area contributed by atoms with Gasteiger partial charge in [0.1, 0.15) is 0 Å². The molecule has 1 saturated heterocycles. The minimum atomic E-state index is 0.468. The third kappa shape index (κ3) is 5.31. The standard InChI is InChI=1S/C16H25NO2S2/c1-12(17-10-14-11-20-6-7-21-14)8-13-4-5-15(18-2)16(9-13)19-3/h4-5,9,12,14,17H,6-8,10-11H2,1-3H3. The van der Waals surface area contributed by atoms with E-state index in [2.05, 4.69) is 47.9 Å². The van der Waals surface area contributed by atoms with Crippen molar-refractivity contribution in [1.29, 1.82) is 0 Å². The molecule has 1 heterocycles. The zero-order valence-electron chi connectivity index (χ0n) is 13.1. The third-order valence-corrected chi connectivity index (χ3v) is 6.41. The average molecular weight is 328 g/mol. The van der Waals surface area contributed by atoms with Gasteiger partial charge in [-0.3, -0.25) is 0 Å². The summed E-state index contributed by atoms with van der Waals surface area (Å²) in [4.78, 5) is 0. The second-order valence-electron chi connectivity index (χ2n) is 5.27. The Morgan fingerprint density at radius 2 is 2.05 bits per heavy atom. The molecule has 0 aliphatic carbocycles. The molecule has 0 saturated carbocycles. The molecule has 0 spiro atoms. The maximum absolute atomic E-state index is 5.36. The molecular weight excluding hydrogens is 302 g/mol. The molecule has 5 heteroatoms. The summed E-state index contributed by atoms with van der Waals surface area (Å²) in [5.41, 5.74) is 1.28. The van der Waals surface area contributed by atoms with E-state index in [0.29, 0.717) is 6.04 Å². The van der Waals surface area contributed by atoms with Crippen LogP contribution in [0.2, 0.25) is 0 Å². The predicted octanol–water partition coefficient (Wildman–Crippen LogP) is 3.07. The van der Waals surface area contributed by atoms with Gasteiger partial charge in [0.15, 0.2) is 11.5 Å². The van der Waals surface area contributed by atoms with Crippen LogP contribution in [0.4, 0.5) is 0 Å². The lowest BCUT2D eigenvalue weighted by atomic mass is 10.1. The number of nitrogens with one attached hydrogen (secondary N) is 1. The molecular formula is C16H25NO2S2. The van der Waals surface area contributed by atoms with Crippen LogP contribution in [0.15, 0.2) is 18.2 Å². The van der Waals surface area contributed by atoms with Crippen molar-refractivity contribution in [3.8, 4) is 11.5 Å². The maximum atomic E-state index is 5.36. The number of ether oxygens (including phenoxy) is 2. The van der Waals surface area contributed by atoms with E-state index in [1.54, 1.807) is 14.2 Å². The summed E-state index contributed by atoms with van der Waals surface area (Å²) in [7, 11) is 3.35. The van der Waals surface area contributed by atoms with E-state index < -0.39 is 0 Å². The second kappa shape index (κ2) is 8.81. The van der Waals surface area contributed by atoms with Crippen LogP contribution >= 0.6 is 23.5 Å². The highest BCUT2D eigenvalue weighted by atomic mass is 32.2. The first kappa shape index (κ1) is 16.8. The molecule has 1 aromatic rings. The predicted molar refractivity (Wildman–Crippen MR) is 94.3 cm³/mol. The van der Waals surface area contributed by atoms with Crippen molar-refractivity contribution in [2.45, 2.75) is 24.6 Å². The number of methoxy groups -OCH3 is 2. The van der Waals surface area contributed by atoms with Gasteiger partial charge < -0.3 is 14.8 Å².